The number of nitrogens with zero attached hydrogens (tertiary/aromatic N) is 4. The summed E-state index contributed by atoms with van der Waals surface area (Å²) < 4.78 is 16.1. The van der Waals surface area contributed by atoms with Gasteiger partial charge in [0.25, 0.3) is 5.91 Å². The van der Waals surface area contributed by atoms with Crippen molar-refractivity contribution >= 4 is 34.9 Å². The van der Waals surface area contributed by atoms with Crippen LogP contribution in [0.2, 0.25) is 0 Å². The predicted octanol–water partition coefficient (Wildman–Crippen LogP) is 4.76. The number of hydrogen-bond acceptors (Lipinski definition) is 3. The number of fused-ring (bicyclic) bond motifs is 1. The first kappa shape index (κ1) is 21.8. The molecular formula is C25H24ClFN4O. The number of carbonyl (C=O) groups is 1. The van der Waals surface area contributed by atoms with E-state index in [0.29, 0.717) is 24.0 Å². The van der Waals surface area contributed by atoms with Crippen LogP contribution in [-0.2, 0) is 7.05 Å². The van der Waals surface area contributed by atoms with E-state index < -0.39 is 0 Å². The van der Waals surface area contributed by atoms with Crippen LogP contribution < -0.4 is 4.90 Å². The van der Waals surface area contributed by atoms with E-state index in [0.717, 1.165) is 35.6 Å². The highest BCUT2D eigenvalue weighted by Gasteiger charge is 2.29. The fourth-order valence-corrected chi connectivity index (χ4v) is 4.45. The zero-order valence-corrected chi connectivity index (χ0v) is 18.6. The summed E-state index contributed by atoms with van der Waals surface area (Å²) in [4.78, 5) is 21.9. The lowest BCUT2D eigenvalue weighted by atomic mass is 10.0. The first-order chi connectivity index (χ1) is 15.1. The highest BCUT2D eigenvalue weighted by Crippen LogP contribution is 2.34. The highest BCUT2D eigenvalue weighted by atomic mass is 35.5. The lowest BCUT2D eigenvalue weighted by molar-refractivity contribution is 0.0749. The second-order valence-corrected chi connectivity index (χ2v) is 7.79. The molecule has 1 fully saturated rings. The molecule has 5 nitrogen and oxygen atoms in total. The van der Waals surface area contributed by atoms with Gasteiger partial charge in [-0.2, -0.15) is 0 Å². The number of anilines is 1. The predicted molar refractivity (Wildman–Crippen MR) is 128 cm³/mol. The maximum absolute atomic E-state index is 14.2. The van der Waals surface area contributed by atoms with Crippen molar-refractivity contribution in [2.75, 3.05) is 31.1 Å². The van der Waals surface area contributed by atoms with Crippen LogP contribution in [0.4, 0.5) is 10.1 Å². The molecule has 0 unspecified atom stereocenters. The van der Waals surface area contributed by atoms with E-state index in [2.05, 4.69) is 9.88 Å². The third-order valence-electron chi connectivity index (χ3n) is 6.02. The van der Waals surface area contributed by atoms with Gasteiger partial charge in [-0.15, -0.1) is 12.4 Å². The number of benzene rings is 2. The topological polar surface area (TPSA) is 41.4 Å². The van der Waals surface area contributed by atoms with Crippen LogP contribution in [-0.4, -0.2) is 46.5 Å². The lowest BCUT2D eigenvalue weighted by Crippen LogP contribution is -2.48. The zero-order chi connectivity index (χ0) is 21.4. The molecule has 1 amide bonds. The van der Waals surface area contributed by atoms with Crippen molar-refractivity contribution in [3.63, 3.8) is 0 Å². The Morgan fingerprint density at radius 1 is 0.938 bits per heavy atom. The minimum atomic E-state index is -0.339. The van der Waals surface area contributed by atoms with Gasteiger partial charge >= 0.3 is 0 Å². The van der Waals surface area contributed by atoms with Crippen LogP contribution in [0.3, 0.4) is 0 Å². The van der Waals surface area contributed by atoms with E-state index in [9.17, 15) is 9.18 Å². The van der Waals surface area contributed by atoms with Crippen molar-refractivity contribution in [3.05, 3.63) is 84.4 Å². The van der Waals surface area contributed by atoms with Crippen molar-refractivity contribution in [2.45, 2.75) is 0 Å². The SMILES string of the molecule is Cl.Cn1c(-c2ccccc2)c(C(=O)N2CCN(c3ccncc3)CC2)c2cc(F)ccc21. The maximum atomic E-state index is 14.2. The number of carbonyl (C=O) groups excluding carboxylic acids is 1. The molecule has 1 aliphatic rings. The molecule has 1 aliphatic heterocycles. The van der Waals surface area contributed by atoms with Crippen molar-refractivity contribution in [1.29, 1.82) is 0 Å². The normalized spacial score (nSPS) is 13.8. The Morgan fingerprint density at radius 3 is 2.31 bits per heavy atom. The molecule has 5 rings (SSSR count). The summed E-state index contributed by atoms with van der Waals surface area (Å²) in [5.74, 6) is -0.390. The summed E-state index contributed by atoms with van der Waals surface area (Å²) >= 11 is 0. The first-order valence-electron chi connectivity index (χ1n) is 10.4. The Kier molecular flexibility index (Phi) is 6.15. The highest BCUT2D eigenvalue weighted by molar-refractivity contribution is 6.12. The lowest BCUT2D eigenvalue weighted by Gasteiger charge is -2.36. The number of piperazine rings is 1. The van der Waals surface area contributed by atoms with Gasteiger partial charge in [-0.05, 0) is 35.9 Å². The molecule has 4 aromatic rings. The Hall–Kier alpha value is -3.38. The van der Waals surface area contributed by atoms with Crippen molar-refractivity contribution in [3.8, 4) is 11.3 Å². The number of amides is 1. The monoisotopic (exact) mass is 450 g/mol. The largest absolute Gasteiger partial charge is 0.368 e. The van der Waals surface area contributed by atoms with Crippen LogP contribution in [0, 0.1) is 5.82 Å². The molecule has 0 atom stereocenters. The number of pyridine rings is 1. The molecule has 2 aromatic carbocycles. The van der Waals surface area contributed by atoms with Gasteiger partial charge in [-0.25, -0.2) is 4.39 Å². The maximum Gasteiger partial charge on any atom is 0.256 e. The van der Waals surface area contributed by atoms with Gasteiger partial charge in [0.15, 0.2) is 0 Å². The second-order valence-electron chi connectivity index (χ2n) is 7.79. The Morgan fingerprint density at radius 2 is 1.62 bits per heavy atom. The van der Waals surface area contributed by atoms with E-state index in [1.165, 1.54) is 12.1 Å². The van der Waals surface area contributed by atoms with Crippen molar-refractivity contribution in [1.82, 2.24) is 14.5 Å². The molecule has 32 heavy (non-hydrogen) atoms. The van der Waals surface area contributed by atoms with Gasteiger partial charge in [0.2, 0.25) is 0 Å². The van der Waals surface area contributed by atoms with E-state index in [1.54, 1.807) is 18.5 Å². The van der Waals surface area contributed by atoms with Crippen molar-refractivity contribution in [2.24, 2.45) is 7.05 Å². The van der Waals surface area contributed by atoms with Gasteiger partial charge in [-0.3, -0.25) is 9.78 Å². The van der Waals surface area contributed by atoms with Gasteiger partial charge in [0.05, 0.1) is 11.3 Å². The first-order valence-corrected chi connectivity index (χ1v) is 10.4. The minimum Gasteiger partial charge on any atom is -0.368 e. The van der Waals surface area contributed by atoms with Gasteiger partial charge in [0.1, 0.15) is 5.82 Å². The summed E-state index contributed by atoms with van der Waals surface area (Å²) in [7, 11) is 1.93. The Balaban J connectivity index is 0.00000245. The smallest absolute Gasteiger partial charge is 0.256 e. The zero-order valence-electron chi connectivity index (χ0n) is 17.7. The van der Waals surface area contributed by atoms with Gasteiger partial charge < -0.3 is 14.4 Å². The number of rotatable bonds is 3. The third-order valence-corrected chi connectivity index (χ3v) is 6.02. The van der Waals surface area contributed by atoms with E-state index in [4.69, 9.17) is 0 Å². The molecular weight excluding hydrogens is 427 g/mol. The summed E-state index contributed by atoms with van der Waals surface area (Å²) in [5, 5.41) is 0.655. The number of aryl methyl sites for hydroxylation is 1. The van der Waals surface area contributed by atoms with Crippen LogP contribution >= 0.6 is 12.4 Å². The van der Waals surface area contributed by atoms with Crippen LogP contribution in [0.1, 0.15) is 10.4 Å². The minimum absolute atomic E-state index is 0. The number of halogens is 2. The van der Waals surface area contributed by atoms with Gasteiger partial charge in [0, 0.05) is 62.2 Å². The fraction of sp³-hybridized carbons (Fsp3) is 0.200. The van der Waals surface area contributed by atoms with Crippen LogP contribution in [0.15, 0.2) is 73.1 Å². The Bertz CT molecular complexity index is 1240. The summed E-state index contributed by atoms with van der Waals surface area (Å²) in [6.07, 6.45) is 3.56. The molecule has 3 heterocycles. The third kappa shape index (κ3) is 3.82. The summed E-state index contributed by atoms with van der Waals surface area (Å²) in [6.45, 7) is 2.72. The molecule has 0 spiro atoms. The molecule has 1 saturated heterocycles. The van der Waals surface area contributed by atoms with Crippen molar-refractivity contribution < 1.29 is 9.18 Å². The molecule has 164 valence electrons. The molecule has 7 heteroatoms. The van der Waals surface area contributed by atoms with Crippen LogP contribution in [0.25, 0.3) is 22.2 Å². The molecule has 2 aromatic heterocycles. The average molecular weight is 451 g/mol. The molecule has 0 radical (unpaired) electrons. The Labute approximate surface area is 192 Å². The fourth-order valence-electron chi connectivity index (χ4n) is 4.45. The number of aromatic nitrogens is 2. The number of hydrogen-bond donors (Lipinski definition) is 0. The molecule has 0 bridgehead atoms. The summed E-state index contributed by atoms with van der Waals surface area (Å²) in [6, 6.07) is 18.5. The molecule has 0 N–H and O–H groups in total. The van der Waals surface area contributed by atoms with E-state index in [1.807, 2.05) is 59.0 Å². The molecule has 0 saturated carbocycles. The quantitative estimate of drug-likeness (QED) is 0.451. The standard InChI is InChI=1S/C25H23FN4O.ClH/c1-28-22-8-7-19(26)17-21(22)23(24(28)18-5-3-2-4-6-18)25(31)30-15-13-29(14-16-30)20-9-11-27-12-10-20;/h2-12,17H,13-16H2,1H3;1H. The van der Waals surface area contributed by atoms with E-state index in [-0.39, 0.29) is 24.1 Å². The van der Waals surface area contributed by atoms with Gasteiger partial charge in [-0.1, -0.05) is 30.3 Å². The average Bonchev–Trinajstić information content (AvgIpc) is 3.11. The molecule has 0 aliphatic carbocycles. The van der Waals surface area contributed by atoms with Crippen LogP contribution in [0.5, 0.6) is 0 Å². The second kappa shape index (κ2) is 9.01. The van der Waals surface area contributed by atoms with E-state index >= 15 is 0 Å². The summed E-state index contributed by atoms with van der Waals surface area (Å²) in [5.41, 5.74) is 4.29.